The van der Waals surface area contributed by atoms with E-state index in [0.717, 1.165) is 41.2 Å². The van der Waals surface area contributed by atoms with Crippen LogP contribution in [0.4, 0.5) is 0 Å². The van der Waals surface area contributed by atoms with Crippen LogP contribution in [0.5, 0.6) is 5.75 Å². The SMILES string of the molecule is COc1ccc(C(C)(O)C2CCCN2C(=O)c2cc(C)n(-c3cccnc3)c2C)cc1. The molecule has 2 atom stereocenters. The number of nitrogens with zero attached hydrogens (tertiary/aromatic N) is 3. The van der Waals surface area contributed by atoms with Crippen molar-refractivity contribution in [3.05, 3.63) is 77.4 Å². The van der Waals surface area contributed by atoms with E-state index in [0.29, 0.717) is 12.1 Å². The van der Waals surface area contributed by atoms with E-state index < -0.39 is 5.60 Å². The minimum Gasteiger partial charge on any atom is -0.497 e. The summed E-state index contributed by atoms with van der Waals surface area (Å²) in [5.74, 6) is 0.696. The Hall–Kier alpha value is -3.12. The number of hydrogen-bond donors (Lipinski definition) is 1. The smallest absolute Gasteiger partial charge is 0.256 e. The second-order valence-corrected chi connectivity index (χ2v) is 8.36. The number of carbonyl (C=O) groups excluding carboxylic acids is 1. The number of ether oxygens (including phenoxy) is 1. The van der Waals surface area contributed by atoms with Crippen molar-refractivity contribution in [1.29, 1.82) is 0 Å². The Bertz CT molecular complexity index is 1070. The Morgan fingerprint density at radius 2 is 1.97 bits per heavy atom. The number of rotatable bonds is 5. The van der Waals surface area contributed by atoms with E-state index in [1.807, 2.05) is 65.8 Å². The fourth-order valence-corrected chi connectivity index (χ4v) is 4.73. The van der Waals surface area contributed by atoms with Crippen molar-refractivity contribution in [2.75, 3.05) is 13.7 Å². The lowest BCUT2D eigenvalue weighted by atomic mass is 9.86. The van der Waals surface area contributed by atoms with Crippen molar-refractivity contribution >= 4 is 5.91 Å². The first-order valence-corrected chi connectivity index (χ1v) is 10.6. The lowest BCUT2D eigenvalue weighted by Gasteiger charge is -2.37. The van der Waals surface area contributed by atoms with Gasteiger partial charge in [0.15, 0.2) is 0 Å². The highest BCUT2D eigenvalue weighted by Gasteiger charge is 2.43. The van der Waals surface area contributed by atoms with Gasteiger partial charge in [-0.1, -0.05) is 12.1 Å². The summed E-state index contributed by atoms with van der Waals surface area (Å²) in [5, 5.41) is 11.5. The molecule has 2 aromatic heterocycles. The van der Waals surface area contributed by atoms with E-state index in [-0.39, 0.29) is 11.9 Å². The van der Waals surface area contributed by atoms with Crippen LogP contribution in [-0.4, -0.2) is 45.2 Å². The molecule has 1 aliphatic rings. The highest BCUT2D eigenvalue weighted by molar-refractivity contribution is 5.96. The first kappa shape index (κ1) is 21.1. The Labute approximate surface area is 183 Å². The molecule has 31 heavy (non-hydrogen) atoms. The van der Waals surface area contributed by atoms with Crippen molar-refractivity contribution in [3.8, 4) is 11.4 Å². The highest BCUT2D eigenvalue weighted by atomic mass is 16.5. The second-order valence-electron chi connectivity index (χ2n) is 8.36. The van der Waals surface area contributed by atoms with Gasteiger partial charge >= 0.3 is 0 Å². The number of benzene rings is 1. The van der Waals surface area contributed by atoms with E-state index in [1.165, 1.54) is 0 Å². The third-order valence-corrected chi connectivity index (χ3v) is 6.40. The number of aromatic nitrogens is 2. The molecule has 0 bridgehead atoms. The topological polar surface area (TPSA) is 67.6 Å². The van der Waals surface area contributed by atoms with Crippen molar-refractivity contribution in [2.24, 2.45) is 0 Å². The summed E-state index contributed by atoms with van der Waals surface area (Å²) in [4.78, 5) is 19.7. The van der Waals surface area contributed by atoms with Crippen LogP contribution in [0.3, 0.4) is 0 Å². The number of aliphatic hydroxyl groups is 1. The fourth-order valence-electron chi connectivity index (χ4n) is 4.73. The Balaban J connectivity index is 1.65. The normalized spacial score (nSPS) is 18.1. The van der Waals surface area contributed by atoms with Gasteiger partial charge in [-0.15, -0.1) is 0 Å². The molecule has 1 aliphatic heterocycles. The van der Waals surface area contributed by atoms with Crippen LogP contribution in [-0.2, 0) is 5.60 Å². The Morgan fingerprint density at radius 3 is 2.61 bits per heavy atom. The van der Waals surface area contributed by atoms with Crippen LogP contribution in [0.2, 0.25) is 0 Å². The highest BCUT2D eigenvalue weighted by Crippen LogP contribution is 2.36. The zero-order valence-electron chi connectivity index (χ0n) is 18.5. The number of amides is 1. The predicted molar refractivity (Wildman–Crippen MR) is 120 cm³/mol. The Kier molecular flexibility index (Phi) is 5.58. The molecule has 1 N–H and O–H groups in total. The standard InChI is InChI=1S/C25H29N3O3/c1-17-15-22(18(2)28(17)20-7-5-13-26-16-20)24(29)27-14-6-8-23(27)25(3,30)19-9-11-21(31-4)12-10-19/h5,7,9-13,15-16,23,30H,6,8,14H2,1-4H3. The first-order chi connectivity index (χ1) is 14.8. The van der Waals surface area contributed by atoms with Gasteiger partial charge in [-0.2, -0.15) is 0 Å². The molecule has 0 radical (unpaired) electrons. The molecule has 6 nitrogen and oxygen atoms in total. The van der Waals surface area contributed by atoms with E-state index in [2.05, 4.69) is 4.98 Å². The molecular weight excluding hydrogens is 390 g/mol. The molecule has 6 heteroatoms. The van der Waals surface area contributed by atoms with Crippen LogP contribution in [0, 0.1) is 13.8 Å². The van der Waals surface area contributed by atoms with Crippen molar-refractivity contribution in [3.63, 3.8) is 0 Å². The minimum atomic E-state index is -1.16. The van der Waals surface area contributed by atoms with Gasteiger partial charge in [0.2, 0.25) is 0 Å². The molecule has 1 aromatic carbocycles. The predicted octanol–water partition coefficient (Wildman–Crippen LogP) is 4.01. The maximum absolute atomic E-state index is 13.6. The lowest BCUT2D eigenvalue weighted by Crippen LogP contribution is -2.48. The number of pyridine rings is 1. The molecule has 162 valence electrons. The number of methoxy groups -OCH3 is 1. The first-order valence-electron chi connectivity index (χ1n) is 10.6. The number of aryl methyl sites for hydroxylation is 1. The van der Waals surface area contributed by atoms with Crippen LogP contribution in [0.1, 0.15) is 47.1 Å². The zero-order valence-corrected chi connectivity index (χ0v) is 18.5. The second kappa shape index (κ2) is 8.19. The van der Waals surface area contributed by atoms with Gasteiger partial charge in [0, 0.05) is 24.1 Å². The molecule has 0 spiro atoms. The van der Waals surface area contributed by atoms with Crippen molar-refractivity contribution in [2.45, 2.75) is 45.3 Å². The average molecular weight is 420 g/mol. The summed E-state index contributed by atoms with van der Waals surface area (Å²) in [5.41, 5.74) is 3.07. The van der Waals surface area contributed by atoms with E-state index in [4.69, 9.17) is 4.74 Å². The third-order valence-electron chi connectivity index (χ3n) is 6.40. The summed E-state index contributed by atoms with van der Waals surface area (Å²) in [6.07, 6.45) is 5.15. The van der Waals surface area contributed by atoms with Gasteiger partial charge < -0.3 is 19.3 Å². The summed E-state index contributed by atoms with van der Waals surface area (Å²) in [6.45, 7) is 6.38. The van der Waals surface area contributed by atoms with Gasteiger partial charge in [-0.3, -0.25) is 9.78 Å². The third kappa shape index (κ3) is 3.72. The van der Waals surface area contributed by atoms with Gasteiger partial charge in [-0.25, -0.2) is 0 Å². The molecule has 1 saturated heterocycles. The largest absolute Gasteiger partial charge is 0.497 e. The minimum absolute atomic E-state index is 0.0421. The number of carbonyl (C=O) groups is 1. The lowest BCUT2D eigenvalue weighted by molar-refractivity contribution is -0.0177. The number of likely N-dealkylation sites (tertiary alicyclic amines) is 1. The fraction of sp³-hybridized carbons (Fsp3) is 0.360. The van der Waals surface area contributed by atoms with Crippen molar-refractivity contribution in [1.82, 2.24) is 14.5 Å². The summed E-state index contributed by atoms with van der Waals surface area (Å²) >= 11 is 0. The number of hydrogen-bond acceptors (Lipinski definition) is 4. The van der Waals surface area contributed by atoms with Gasteiger partial charge in [0.05, 0.1) is 30.6 Å². The molecule has 1 fully saturated rings. The molecular formula is C25H29N3O3. The molecule has 1 amide bonds. The van der Waals surface area contributed by atoms with E-state index >= 15 is 0 Å². The van der Waals surface area contributed by atoms with Crippen LogP contribution >= 0.6 is 0 Å². The zero-order chi connectivity index (χ0) is 22.2. The maximum Gasteiger partial charge on any atom is 0.256 e. The van der Waals surface area contributed by atoms with Gasteiger partial charge in [0.25, 0.3) is 5.91 Å². The van der Waals surface area contributed by atoms with Crippen molar-refractivity contribution < 1.29 is 14.6 Å². The van der Waals surface area contributed by atoms with Gasteiger partial charge in [0.1, 0.15) is 11.4 Å². The summed E-state index contributed by atoms with van der Waals surface area (Å²) < 4.78 is 7.28. The maximum atomic E-state index is 13.6. The molecule has 0 saturated carbocycles. The quantitative estimate of drug-likeness (QED) is 0.679. The Morgan fingerprint density at radius 1 is 1.23 bits per heavy atom. The molecule has 3 heterocycles. The summed E-state index contributed by atoms with van der Waals surface area (Å²) in [7, 11) is 1.62. The van der Waals surface area contributed by atoms with Crippen LogP contribution in [0.25, 0.3) is 5.69 Å². The monoisotopic (exact) mass is 419 g/mol. The molecule has 4 rings (SSSR count). The summed E-state index contributed by atoms with van der Waals surface area (Å²) in [6, 6.07) is 12.9. The van der Waals surface area contributed by atoms with Crippen LogP contribution in [0.15, 0.2) is 54.9 Å². The molecule has 3 aromatic rings. The average Bonchev–Trinajstić information content (AvgIpc) is 3.39. The van der Waals surface area contributed by atoms with Gasteiger partial charge in [-0.05, 0) is 69.5 Å². The van der Waals surface area contributed by atoms with E-state index in [9.17, 15) is 9.90 Å². The van der Waals surface area contributed by atoms with E-state index in [1.54, 1.807) is 26.4 Å². The van der Waals surface area contributed by atoms with Crippen LogP contribution < -0.4 is 4.74 Å². The molecule has 0 aliphatic carbocycles. The molecule has 2 unspecified atom stereocenters.